The number of sulfone groups is 2. The van der Waals surface area contributed by atoms with E-state index < -0.39 is 35.6 Å². The van der Waals surface area contributed by atoms with E-state index in [4.69, 9.17) is 16.0 Å². The maximum Gasteiger partial charge on any atom is 0.258 e. The van der Waals surface area contributed by atoms with Crippen molar-refractivity contribution in [1.29, 1.82) is 0 Å². The number of benzene rings is 2. The topological polar surface area (TPSA) is 94.3 Å². The highest BCUT2D eigenvalue weighted by molar-refractivity contribution is 7.94. The molecule has 1 aromatic heterocycles. The molecule has 0 bridgehead atoms. The molecule has 10 heteroatoms. The quantitative estimate of drug-likeness (QED) is 0.568. The van der Waals surface area contributed by atoms with Crippen molar-refractivity contribution >= 4 is 31.3 Å². The molecule has 6 nitrogen and oxygen atoms in total. The minimum Gasteiger partial charge on any atom is -0.423 e. The summed E-state index contributed by atoms with van der Waals surface area (Å²) in [7, 11) is -8.34. The molecule has 0 fully saturated rings. The van der Waals surface area contributed by atoms with Gasteiger partial charge in [-0.1, -0.05) is 18.5 Å². The van der Waals surface area contributed by atoms with Gasteiger partial charge < -0.3 is 4.42 Å². The molecule has 0 aliphatic rings. The van der Waals surface area contributed by atoms with Gasteiger partial charge in [0.25, 0.3) is 5.09 Å². The summed E-state index contributed by atoms with van der Waals surface area (Å²) in [5.74, 6) is -1.06. The molecule has 0 unspecified atom stereocenters. The van der Waals surface area contributed by atoms with Gasteiger partial charge in [-0.25, -0.2) is 21.2 Å². The van der Waals surface area contributed by atoms with Gasteiger partial charge in [0.05, 0.1) is 10.6 Å². The lowest BCUT2D eigenvalue weighted by Crippen LogP contribution is -2.11. The second kappa shape index (κ2) is 7.65. The van der Waals surface area contributed by atoms with Gasteiger partial charge in [-0.3, -0.25) is 0 Å². The van der Waals surface area contributed by atoms with Crippen molar-refractivity contribution in [3.8, 4) is 11.5 Å². The molecule has 0 saturated heterocycles. The number of halogens is 2. The standard InChI is InChI=1S/C18H15ClFNO5S2/c1-2-11-27(22,23)18-17(28(24,25)15-9-5-13(19)6-10-15)21-16(26-18)12-3-7-14(20)8-4-12/h3-10H,2,11H2,1H3. The molecule has 28 heavy (non-hydrogen) atoms. The van der Waals surface area contributed by atoms with Crippen LogP contribution in [0.3, 0.4) is 0 Å². The van der Waals surface area contributed by atoms with E-state index in [1.165, 1.54) is 36.4 Å². The summed E-state index contributed by atoms with van der Waals surface area (Å²) in [6, 6.07) is 10.1. The van der Waals surface area contributed by atoms with Crippen LogP contribution in [0.25, 0.3) is 11.5 Å². The highest BCUT2D eigenvalue weighted by Gasteiger charge is 2.34. The zero-order valence-corrected chi connectivity index (χ0v) is 17.0. The second-order valence-electron chi connectivity index (χ2n) is 5.89. The lowest BCUT2D eigenvalue weighted by molar-refractivity contribution is 0.444. The molecule has 0 spiro atoms. The van der Waals surface area contributed by atoms with Crippen LogP contribution in [0.5, 0.6) is 0 Å². The van der Waals surface area contributed by atoms with E-state index in [1.807, 2.05) is 0 Å². The normalized spacial score (nSPS) is 12.2. The predicted molar refractivity (Wildman–Crippen MR) is 101 cm³/mol. The van der Waals surface area contributed by atoms with E-state index in [1.54, 1.807) is 6.92 Å². The minimum absolute atomic E-state index is 0.177. The average Bonchev–Trinajstić information content (AvgIpc) is 3.10. The molecule has 3 aromatic rings. The predicted octanol–water partition coefficient (Wildman–Crippen LogP) is 4.15. The maximum atomic E-state index is 13.2. The Morgan fingerprint density at radius 1 is 1.00 bits per heavy atom. The Labute approximate surface area is 166 Å². The van der Waals surface area contributed by atoms with E-state index in [2.05, 4.69) is 4.98 Å². The van der Waals surface area contributed by atoms with Gasteiger partial charge >= 0.3 is 0 Å². The summed E-state index contributed by atoms with van der Waals surface area (Å²) >= 11 is 5.79. The first-order valence-electron chi connectivity index (χ1n) is 8.15. The summed E-state index contributed by atoms with van der Waals surface area (Å²) in [6.45, 7) is 1.64. The van der Waals surface area contributed by atoms with Crippen molar-refractivity contribution in [2.24, 2.45) is 0 Å². The van der Waals surface area contributed by atoms with Crippen molar-refractivity contribution in [1.82, 2.24) is 4.98 Å². The zero-order chi connectivity index (χ0) is 20.5. The number of aromatic nitrogens is 1. The third kappa shape index (κ3) is 3.96. The van der Waals surface area contributed by atoms with Crippen molar-refractivity contribution in [2.75, 3.05) is 5.75 Å². The molecule has 0 radical (unpaired) electrons. The summed E-state index contributed by atoms with van der Waals surface area (Å²) < 4.78 is 69.8. The molecule has 3 rings (SSSR count). The van der Waals surface area contributed by atoms with Gasteiger partial charge in [-0.05, 0) is 55.0 Å². The van der Waals surface area contributed by atoms with Gasteiger partial charge in [0.15, 0.2) is 0 Å². The van der Waals surface area contributed by atoms with Gasteiger partial charge in [0, 0.05) is 10.6 Å². The lowest BCUT2D eigenvalue weighted by atomic mass is 10.2. The molecule has 0 N–H and O–H groups in total. The zero-order valence-electron chi connectivity index (χ0n) is 14.6. The Hall–Kier alpha value is -2.23. The smallest absolute Gasteiger partial charge is 0.258 e. The molecule has 0 atom stereocenters. The van der Waals surface area contributed by atoms with Gasteiger partial charge in [-0.2, -0.15) is 4.98 Å². The Bertz CT molecular complexity index is 1200. The number of rotatable bonds is 6. The summed E-state index contributed by atoms with van der Waals surface area (Å²) in [6.07, 6.45) is 0.259. The van der Waals surface area contributed by atoms with Crippen LogP contribution in [0.1, 0.15) is 13.3 Å². The first kappa shape index (κ1) is 20.5. The monoisotopic (exact) mass is 443 g/mol. The molecule has 148 valence electrons. The molecule has 0 aliphatic carbocycles. The van der Waals surface area contributed by atoms with Crippen molar-refractivity contribution in [2.45, 2.75) is 28.4 Å². The highest BCUT2D eigenvalue weighted by atomic mass is 35.5. The van der Waals surface area contributed by atoms with Crippen LogP contribution in [-0.2, 0) is 19.7 Å². The Morgan fingerprint density at radius 2 is 1.61 bits per heavy atom. The molecule has 2 aromatic carbocycles. The summed E-state index contributed by atoms with van der Waals surface area (Å²) in [5.41, 5.74) is 0.243. The lowest BCUT2D eigenvalue weighted by Gasteiger charge is -2.04. The largest absolute Gasteiger partial charge is 0.423 e. The number of oxazole rings is 1. The Morgan fingerprint density at radius 3 is 2.18 bits per heavy atom. The highest BCUT2D eigenvalue weighted by Crippen LogP contribution is 2.33. The van der Waals surface area contributed by atoms with E-state index in [0.717, 1.165) is 12.1 Å². The fourth-order valence-electron chi connectivity index (χ4n) is 2.46. The second-order valence-corrected chi connectivity index (χ2v) is 10.2. The molecular formula is C18H15ClFNO5S2. The van der Waals surface area contributed by atoms with Crippen LogP contribution in [0.15, 0.2) is 68.0 Å². The molecular weight excluding hydrogens is 429 g/mol. The summed E-state index contributed by atoms with van der Waals surface area (Å²) in [5, 5.41) is -1.11. The van der Waals surface area contributed by atoms with Crippen LogP contribution in [0, 0.1) is 5.82 Å². The average molecular weight is 444 g/mol. The summed E-state index contributed by atoms with van der Waals surface area (Å²) in [4.78, 5) is 3.76. The van der Waals surface area contributed by atoms with E-state index in [9.17, 15) is 21.2 Å². The van der Waals surface area contributed by atoms with Crippen molar-refractivity contribution in [3.05, 3.63) is 59.4 Å². The molecule has 0 aliphatic heterocycles. The molecule has 0 amide bonds. The fourth-order valence-corrected chi connectivity index (χ4v) is 5.72. The molecule has 1 heterocycles. The van der Waals surface area contributed by atoms with Crippen LogP contribution >= 0.6 is 11.6 Å². The van der Waals surface area contributed by atoms with Crippen molar-refractivity contribution in [3.63, 3.8) is 0 Å². The van der Waals surface area contributed by atoms with Crippen LogP contribution in [-0.4, -0.2) is 27.6 Å². The Balaban J connectivity index is 2.23. The maximum absolute atomic E-state index is 13.2. The SMILES string of the molecule is CCCS(=O)(=O)c1oc(-c2ccc(F)cc2)nc1S(=O)(=O)c1ccc(Cl)cc1. The van der Waals surface area contributed by atoms with E-state index >= 15 is 0 Å². The molecule has 0 saturated carbocycles. The van der Waals surface area contributed by atoms with E-state index in [0.29, 0.717) is 5.02 Å². The number of hydrogen-bond acceptors (Lipinski definition) is 6. The number of hydrogen-bond donors (Lipinski definition) is 0. The fraction of sp³-hybridized carbons (Fsp3) is 0.167. The minimum atomic E-state index is -4.30. The van der Waals surface area contributed by atoms with Gasteiger partial charge in [0.1, 0.15) is 5.82 Å². The Kier molecular flexibility index (Phi) is 5.60. The van der Waals surface area contributed by atoms with Crippen LogP contribution in [0.2, 0.25) is 5.02 Å². The third-order valence-corrected chi connectivity index (χ3v) is 7.64. The van der Waals surface area contributed by atoms with Crippen LogP contribution < -0.4 is 0 Å². The number of nitrogens with zero attached hydrogens (tertiary/aromatic N) is 1. The van der Waals surface area contributed by atoms with Gasteiger partial charge in [-0.15, -0.1) is 0 Å². The van der Waals surface area contributed by atoms with Gasteiger partial charge in [0.2, 0.25) is 30.6 Å². The first-order chi connectivity index (χ1) is 13.1. The van der Waals surface area contributed by atoms with Crippen LogP contribution in [0.4, 0.5) is 4.39 Å². The van der Waals surface area contributed by atoms with E-state index in [-0.39, 0.29) is 28.5 Å². The first-order valence-corrected chi connectivity index (χ1v) is 11.7. The van der Waals surface area contributed by atoms with Crippen molar-refractivity contribution < 1.29 is 25.6 Å². The third-order valence-electron chi connectivity index (χ3n) is 3.79.